The van der Waals surface area contributed by atoms with Crippen molar-refractivity contribution in [1.29, 1.82) is 0 Å². The fourth-order valence-electron chi connectivity index (χ4n) is 1.76. The molecule has 0 saturated carbocycles. The predicted molar refractivity (Wildman–Crippen MR) is 93.7 cm³/mol. The summed E-state index contributed by atoms with van der Waals surface area (Å²) in [4.78, 5) is 34.7. The number of nitrogens with one attached hydrogen (secondary N) is 1. The highest BCUT2D eigenvalue weighted by Gasteiger charge is 2.25. The summed E-state index contributed by atoms with van der Waals surface area (Å²) < 4.78 is 23.4. The van der Waals surface area contributed by atoms with Crippen LogP contribution in [0.1, 0.15) is 31.1 Å². The number of rotatable bonds is 6. The van der Waals surface area contributed by atoms with Crippen LogP contribution < -0.4 is 11.1 Å². The van der Waals surface area contributed by atoms with Crippen molar-refractivity contribution >= 4 is 35.5 Å². The highest BCUT2D eigenvalue weighted by molar-refractivity contribution is 7.99. The van der Waals surface area contributed by atoms with E-state index in [0.29, 0.717) is 0 Å². The van der Waals surface area contributed by atoms with Crippen LogP contribution in [0.15, 0.2) is 17.0 Å². The van der Waals surface area contributed by atoms with Gasteiger partial charge in [-0.15, -0.1) is 11.8 Å². The molecule has 0 spiro atoms. The Morgan fingerprint density at radius 2 is 1.96 bits per heavy atom. The lowest BCUT2D eigenvalue weighted by molar-refractivity contribution is -0.138. The Hall–Kier alpha value is -2.49. The highest BCUT2D eigenvalue weighted by Crippen LogP contribution is 2.29. The quantitative estimate of drug-likeness (QED) is 0.385. The first-order valence-electron chi connectivity index (χ1n) is 7.47. The van der Waals surface area contributed by atoms with Crippen LogP contribution >= 0.6 is 11.8 Å². The Morgan fingerprint density at radius 1 is 1.35 bits per heavy atom. The number of ether oxygens (including phenoxy) is 2. The first kappa shape index (κ1) is 21.6. The minimum atomic E-state index is -1.28. The van der Waals surface area contributed by atoms with Gasteiger partial charge in [0.2, 0.25) is 0 Å². The number of esters is 1. The minimum Gasteiger partial charge on any atom is -0.480 e. The van der Waals surface area contributed by atoms with E-state index in [9.17, 15) is 23.9 Å². The van der Waals surface area contributed by atoms with Crippen LogP contribution in [-0.4, -0.2) is 47.6 Å². The van der Waals surface area contributed by atoms with Gasteiger partial charge in [0.05, 0.1) is 12.7 Å². The van der Waals surface area contributed by atoms with Crippen molar-refractivity contribution in [2.75, 3.05) is 18.6 Å². The topological polar surface area (TPSA) is 128 Å². The molecule has 8 nitrogen and oxygen atoms in total. The largest absolute Gasteiger partial charge is 0.480 e. The summed E-state index contributed by atoms with van der Waals surface area (Å²) in [6, 6.07) is 0.844. The highest BCUT2D eigenvalue weighted by atomic mass is 32.2. The van der Waals surface area contributed by atoms with Gasteiger partial charge in [-0.1, -0.05) is 0 Å². The number of methoxy groups -OCH3 is 1. The summed E-state index contributed by atoms with van der Waals surface area (Å²) in [6.07, 6.45) is -0.884. The lowest BCUT2D eigenvalue weighted by Crippen LogP contribution is -2.44. The van der Waals surface area contributed by atoms with Crippen LogP contribution in [0.2, 0.25) is 0 Å². The number of aliphatic carboxylic acids is 1. The van der Waals surface area contributed by atoms with Crippen LogP contribution in [0.25, 0.3) is 0 Å². The molecule has 26 heavy (non-hydrogen) atoms. The molecule has 0 aliphatic carbocycles. The summed E-state index contributed by atoms with van der Waals surface area (Å²) in [6.45, 7) is 4.93. The maximum Gasteiger partial charge on any atom is 0.408 e. The molecular weight excluding hydrogens is 367 g/mol. The van der Waals surface area contributed by atoms with Crippen molar-refractivity contribution < 1.29 is 33.4 Å². The van der Waals surface area contributed by atoms with E-state index in [1.807, 2.05) is 0 Å². The number of carbonyl (C=O) groups is 3. The lowest BCUT2D eigenvalue weighted by Gasteiger charge is -2.22. The van der Waals surface area contributed by atoms with Gasteiger partial charge in [-0.05, 0) is 32.9 Å². The number of nitrogen functional groups attached to an aromatic ring is 1. The van der Waals surface area contributed by atoms with Gasteiger partial charge in [0.15, 0.2) is 0 Å². The number of amides is 1. The summed E-state index contributed by atoms with van der Waals surface area (Å²) in [5.41, 5.74) is 4.75. The lowest BCUT2D eigenvalue weighted by atomic mass is 10.2. The summed E-state index contributed by atoms with van der Waals surface area (Å²) in [5.74, 6) is -3.13. The Balaban J connectivity index is 2.84. The standard InChI is InChI=1S/C16H21FN2O6S/c1-16(2,3)25-15(23)19-11(13(20)21)7-26-12-6-9(17)8(5-10(12)18)14(22)24-4/h5-6,11H,7,18H2,1-4H3,(H,19,23)(H,20,21)/t11-/m0/s1. The Labute approximate surface area is 154 Å². The number of nitrogens with two attached hydrogens (primary N) is 1. The second-order valence-electron chi connectivity index (χ2n) is 6.21. The number of carboxylic acid groups (broad SMARTS) is 1. The Bertz CT molecular complexity index is 705. The first-order valence-corrected chi connectivity index (χ1v) is 8.45. The van der Waals surface area contributed by atoms with E-state index in [0.717, 1.165) is 31.0 Å². The number of halogens is 1. The van der Waals surface area contributed by atoms with E-state index in [4.69, 9.17) is 10.5 Å². The molecule has 0 heterocycles. The molecule has 4 N–H and O–H groups in total. The molecule has 0 aliphatic rings. The van der Waals surface area contributed by atoms with E-state index >= 15 is 0 Å². The van der Waals surface area contributed by atoms with Crippen molar-refractivity contribution in [3.63, 3.8) is 0 Å². The molecule has 144 valence electrons. The van der Waals surface area contributed by atoms with Crippen LogP contribution in [-0.2, 0) is 14.3 Å². The molecule has 0 fully saturated rings. The smallest absolute Gasteiger partial charge is 0.408 e. The molecular formula is C16H21FN2O6S. The number of benzene rings is 1. The van der Waals surface area contributed by atoms with Crippen molar-refractivity contribution in [1.82, 2.24) is 5.32 Å². The van der Waals surface area contributed by atoms with Gasteiger partial charge in [-0.2, -0.15) is 0 Å². The van der Waals surface area contributed by atoms with E-state index in [1.165, 1.54) is 0 Å². The fourth-order valence-corrected chi connectivity index (χ4v) is 2.75. The van der Waals surface area contributed by atoms with Gasteiger partial charge in [-0.3, -0.25) is 0 Å². The van der Waals surface area contributed by atoms with Gasteiger partial charge >= 0.3 is 18.0 Å². The molecule has 1 atom stereocenters. The van der Waals surface area contributed by atoms with Gasteiger partial charge in [0, 0.05) is 16.3 Å². The Kier molecular flexibility index (Phi) is 7.25. The molecule has 0 saturated heterocycles. The molecule has 10 heteroatoms. The number of thioether (sulfide) groups is 1. The molecule has 1 amide bonds. The SMILES string of the molecule is COC(=O)c1cc(N)c(SC[C@H](NC(=O)OC(C)(C)C)C(=O)O)cc1F. The number of alkyl carbamates (subject to hydrolysis) is 1. The van der Waals surface area contributed by atoms with Crippen LogP contribution in [0, 0.1) is 5.82 Å². The van der Waals surface area contributed by atoms with Gasteiger partial charge < -0.3 is 25.6 Å². The van der Waals surface area contributed by atoms with E-state index in [1.54, 1.807) is 20.8 Å². The predicted octanol–water partition coefficient (Wildman–Crippen LogP) is 2.26. The molecule has 0 aromatic heterocycles. The maximum atomic E-state index is 14.0. The third-order valence-electron chi connectivity index (χ3n) is 2.90. The first-order chi connectivity index (χ1) is 11.9. The van der Waals surface area contributed by atoms with Crippen molar-refractivity contribution in [2.45, 2.75) is 37.3 Å². The van der Waals surface area contributed by atoms with E-state index in [-0.39, 0.29) is 21.9 Å². The number of anilines is 1. The van der Waals surface area contributed by atoms with Gasteiger partial charge in [0.1, 0.15) is 17.5 Å². The number of carboxylic acids is 1. The van der Waals surface area contributed by atoms with Gasteiger partial charge in [-0.25, -0.2) is 18.8 Å². The molecule has 1 aromatic rings. The molecule has 1 aromatic carbocycles. The summed E-state index contributed by atoms with van der Waals surface area (Å²) in [5, 5.41) is 11.4. The second kappa shape index (κ2) is 8.75. The van der Waals surface area contributed by atoms with Crippen molar-refractivity contribution in [2.24, 2.45) is 0 Å². The molecule has 0 aliphatic heterocycles. The van der Waals surface area contributed by atoms with Crippen molar-refractivity contribution in [3.8, 4) is 0 Å². The number of hydrogen-bond acceptors (Lipinski definition) is 7. The number of carbonyl (C=O) groups excluding carboxylic acids is 2. The minimum absolute atomic E-state index is 0.0817. The molecule has 0 unspecified atom stereocenters. The van der Waals surface area contributed by atoms with Crippen LogP contribution in [0.5, 0.6) is 0 Å². The van der Waals surface area contributed by atoms with E-state index < -0.39 is 35.5 Å². The zero-order chi connectivity index (χ0) is 20.1. The van der Waals surface area contributed by atoms with E-state index in [2.05, 4.69) is 10.1 Å². The second-order valence-corrected chi connectivity index (χ2v) is 7.27. The summed E-state index contributed by atoms with van der Waals surface area (Å²) >= 11 is 0.917. The monoisotopic (exact) mass is 388 g/mol. The summed E-state index contributed by atoms with van der Waals surface area (Å²) in [7, 11) is 1.11. The Morgan fingerprint density at radius 3 is 2.46 bits per heavy atom. The third-order valence-corrected chi connectivity index (χ3v) is 4.06. The average molecular weight is 388 g/mol. The molecule has 1 rings (SSSR count). The van der Waals surface area contributed by atoms with Crippen LogP contribution in [0.3, 0.4) is 0 Å². The zero-order valence-electron chi connectivity index (χ0n) is 14.8. The fraction of sp³-hybridized carbons (Fsp3) is 0.438. The molecule has 0 bridgehead atoms. The van der Waals surface area contributed by atoms with Crippen LogP contribution in [0.4, 0.5) is 14.9 Å². The number of hydrogen-bond donors (Lipinski definition) is 3. The van der Waals surface area contributed by atoms with Gasteiger partial charge in [0.25, 0.3) is 0 Å². The zero-order valence-corrected chi connectivity index (χ0v) is 15.6. The molecule has 0 radical (unpaired) electrons. The average Bonchev–Trinajstić information content (AvgIpc) is 2.51. The van der Waals surface area contributed by atoms with Crippen molar-refractivity contribution in [3.05, 3.63) is 23.5 Å². The maximum absolute atomic E-state index is 14.0. The normalized spacial score (nSPS) is 12.2. The third kappa shape index (κ3) is 6.43.